The molecule has 1 aromatic carbocycles. The second kappa shape index (κ2) is 8.79. The number of hydrogen-bond acceptors (Lipinski definition) is 3. The van der Waals surface area contributed by atoms with E-state index >= 15 is 0 Å². The third-order valence-electron chi connectivity index (χ3n) is 2.48. The maximum absolute atomic E-state index is 11.4. The average molecular weight is 265 g/mol. The number of hydrogen-bond donors (Lipinski definition) is 3. The van der Waals surface area contributed by atoms with E-state index in [1.807, 2.05) is 24.3 Å². The number of nitrogens with one attached hydrogen (secondary N) is 3. The van der Waals surface area contributed by atoms with Gasteiger partial charge in [0.25, 0.3) is 0 Å². The number of ether oxygens (including phenoxy) is 1. The SMILES string of the molecule is COc1ccc(CNC(=O)NCCCNC=O)cc1. The molecule has 0 saturated heterocycles. The quantitative estimate of drug-likeness (QED) is 0.476. The first kappa shape index (κ1) is 14.8. The molecule has 6 nitrogen and oxygen atoms in total. The molecular weight excluding hydrogens is 246 g/mol. The molecule has 1 aromatic rings. The van der Waals surface area contributed by atoms with E-state index < -0.39 is 0 Å². The summed E-state index contributed by atoms with van der Waals surface area (Å²) in [5, 5.41) is 7.98. The van der Waals surface area contributed by atoms with E-state index in [0.29, 0.717) is 32.5 Å². The van der Waals surface area contributed by atoms with Gasteiger partial charge in [0.2, 0.25) is 6.41 Å². The normalized spacial score (nSPS) is 9.53. The molecular formula is C13H19N3O3. The Hall–Kier alpha value is -2.24. The van der Waals surface area contributed by atoms with Crippen LogP contribution in [0.25, 0.3) is 0 Å². The zero-order chi connectivity index (χ0) is 13.9. The van der Waals surface area contributed by atoms with Crippen LogP contribution in [0.15, 0.2) is 24.3 Å². The van der Waals surface area contributed by atoms with Gasteiger partial charge in [-0.1, -0.05) is 12.1 Å². The lowest BCUT2D eigenvalue weighted by Gasteiger charge is -2.08. The molecule has 1 rings (SSSR count). The van der Waals surface area contributed by atoms with Crippen molar-refractivity contribution in [2.45, 2.75) is 13.0 Å². The largest absolute Gasteiger partial charge is 0.497 e. The Bertz CT molecular complexity index is 393. The van der Waals surface area contributed by atoms with Crippen molar-refractivity contribution < 1.29 is 14.3 Å². The van der Waals surface area contributed by atoms with Crippen LogP contribution in [-0.4, -0.2) is 32.6 Å². The smallest absolute Gasteiger partial charge is 0.315 e. The number of benzene rings is 1. The highest BCUT2D eigenvalue weighted by atomic mass is 16.5. The number of carbonyl (C=O) groups is 2. The highest BCUT2D eigenvalue weighted by Crippen LogP contribution is 2.10. The van der Waals surface area contributed by atoms with E-state index in [-0.39, 0.29) is 6.03 Å². The molecule has 0 saturated carbocycles. The number of amides is 3. The van der Waals surface area contributed by atoms with Crippen LogP contribution in [0.1, 0.15) is 12.0 Å². The fourth-order valence-electron chi connectivity index (χ4n) is 1.44. The summed E-state index contributed by atoms with van der Waals surface area (Å²) in [5.74, 6) is 0.788. The fourth-order valence-corrected chi connectivity index (χ4v) is 1.44. The number of urea groups is 1. The number of methoxy groups -OCH3 is 1. The fraction of sp³-hybridized carbons (Fsp3) is 0.385. The van der Waals surface area contributed by atoms with Gasteiger partial charge in [0.15, 0.2) is 0 Å². The lowest BCUT2D eigenvalue weighted by atomic mass is 10.2. The van der Waals surface area contributed by atoms with Gasteiger partial charge in [-0.05, 0) is 24.1 Å². The summed E-state index contributed by atoms with van der Waals surface area (Å²) in [6, 6.07) is 7.27. The molecule has 0 fully saturated rings. The average Bonchev–Trinajstić information content (AvgIpc) is 2.45. The molecule has 0 unspecified atom stereocenters. The highest BCUT2D eigenvalue weighted by molar-refractivity contribution is 5.73. The van der Waals surface area contributed by atoms with Gasteiger partial charge in [-0.2, -0.15) is 0 Å². The lowest BCUT2D eigenvalue weighted by Crippen LogP contribution is -2.36. The maximum Gasteiger partial charge on any atom is 0.315 e. The molecule has 0 spiro atoms. The second-order valence-corrected chi connectivity index (χ2v) is 3.88. The summed E-state index contributed by atoms with van der Waals surface area (Å²) < 4.78 is 5.05. The Morgan fingerprint density at radius 1 is 1.21 bits per heavy atom. The van der Waals surface area contributed by atoms with Crippen molar-refractivity contribution in [1.29, 1.82) is 0 Å². The molecule has 0 atom stereocenters. The van der Waals surface area contributed by atoms with Crippen molar-refractivity contribution in [1.82, 2.24) is 16.0 Å². The van der Waals surface area contributed by atoms with Crippen molar-refractivity contribution >= 4 is 12.4 Å². The molecule has 3 N–H and O–H groups in total. The highest BCUT2D eigenvalue weighted by Gasteiger charge is 2.00. The van der Waals surface area contributed by atoms with Crippen molar-refractivity contribution in [2.24, 2.45) is 0 Å². The van der Waals surface area contributed by atoms with Crippen LogP contribution in [0, 0.1) is 0 Å². The predicted octanol–water partition coefficient (Wildman–Crippen LogP) is 0.630. The Morgan fingerprint density at radius 3 is 2.58 bits per heavy atom. The number of carbonyl (C=O) groups excluding carboxylic acids is 2. The molecule has 104 valence electrons. The van der Waals surface area contributed by atoms with Crippen LogP contribution in [-0.2, 0) is 11.3 Å². The summed E-state index contributed by atoms with van der Waals surface area (Å²) in [6.45, 7) is 1.54. The second-order valence-electron chi connectivity index (χ2n) is 3.88. The molecule has 0 aliphatic carbocycles. The zero-order valence-electron chi connectivity index (χ0n) is 10.9. The van der Waals surface area contributed by atoms with E-state index in [9.17, 15) is 9.59 Å². The Kier molecular flexibility index (Phi) is 6.86. The predicted molar refractivity (Wildman–Crippen MR) is 71.9 cm³/mol. The Morgan fingerprint density at radius 2 is 1.95 bits per heavy atom. The summed E-state index contributed by atoms with van der Waals surface area (Å²) in [4.78, 5) is 21.4. The van der Waals surface area contributed by atoms with E-state index in [1.165, 1.54) is 0 Å². The van der Waals surface area contributed by atoms with Gasteiger partial charge in [-0.25, -0.2) is 4.79 Å². The summed E-state index contributed by atoms with van der Waals surface area (Å²) in [7, 11) is 1.61. The van der Waals surface area contributed by atoms with Gasteiger partial charge in [0.05, 0.1) is 7.11 Å². The summed E-state index contributed by atoms with van der Waals surface area (Å²) in [6.07, 6.45) is 1.35. The van der Waals surface area contributed by atoms with Crippen LogP contribution < -0.4 is 20.7 Å². The molecule has 3 amide bonds. The standard InChI is InChI=1S/C13H19N3O3/c1-19-12-5-3-11(4-6-12)9-16-13(18)15-8-2-7-14-10-17/h3-6,10H,2,7-9H2,1H3,(H,14,17)(H2,15,16,18). The molecule has 0 aliphatic rings. The van der Waals surface area contributed by atoms with Crippen LogP contribution in [0.2, 0.25) is 0 Å². The summed E-state index contributed by atoms with van der Waals surface area (Å²) in [5.41, 5.74) is 0.999. The molecule has 6 heteroatoms. The topological polar surface area (TPSA) is 79.5 Å². The van der Waals surface area contributed by atoms with Gasteiger partial charge >= 0.3 is 6.03 Å². The first-order valence-electron chi connectivity index (χ1n) is 6.08. The zero-order valence-corrected chi connectivity index (χ0v) is 10.9. The minimum Gasteiger partial charge on any atom is -0.497 e. The molecule has 0 heterocycles. The molecule has 0 radical (unpaired) electrons. The first-order valence-corrected chi connectivity index (χ1v) is 6.08. The van der Waals surface area contributed by atoms with Gasteiger partial charge in [-0.3, -0.25) is 4.79 Å². The minimum absolute atomic E-state index is 0.220. The molecule has 19 heavy (non-hydrogen) atoms. The monoisotopic (exact) mass is 265 g/mol. The summed E-state index contributed by atoms with van der Waals surface area (Å²) >= 11 is 0. The molecule has 0 bridgehead atoms. The van der Waals surface area contributed by atoms with Crippen LogP contribution in [0.4, 0.5) is 4.79 Å². The minimum atomic E-state index is -0.220. The van der Waals surface area contributed by atoms with Crippen LogP contribution >= 0.6 is 0 Å². The maximum atomic E-state index is 11.4. The van der Waals surface area contributed by atoms with Crippen LogP contribution in [0.3, 0.4) is 0 Å². The Labute approximate surface area is 112 Å². The van der Waals surface area contributed by atoms with E-state index in [2.05, 4.69) is 16.0 Å². The van der Waals surface area contributed by atoms with Crippen molar-refractivity contribution in [3.8, 4) is 5.75 Å². The van der Waals surface area contributed by atoms with Crippen molar-refractivity contribution in [3.63, 3.8) is 0 Å². The third kappa shape index (κ3) is 6.30. The van der Waals surface area contributed by atoms with Crippen molar-refractivity contribution in [3.05, 3.63) is 29.8 Å². The lowest BCUT2D eigenvalue weighted by molar-refractivity contribution is -0.109. The third-order valence-corrected chi connectivity index (χ3v) is 2.48. The molecule has 0 aromatic heterocycles. The van der Waals surface area contributed by atoms with Crippen LogP contribution in [0.5, 0.6) is 5.75 Å². The van der Waals surface area contributed by atoms with Gasteiger partial charge in [-0.15, -0.1) is 0 Å². The van der Waals surface area contributed by atoms with Gasteiger partial charge in [0, 0.05) is 19.6 Å². The van der Waals surface area contributed by atoms with E-state index in [0.717, 1.165) is 11.3 Å². The van der Waals surface area contributed by atoms with E-state index in [4.69, 9.17) is 4.74 Å². The van der Waals surface area contributed by atoms with Crippen molar-refractivity contribution in [2.75, 3.05) is 20.2 Å². The van der Waals surface area contributed by atoms with E-state index in [1.54, 1.807) is 7.11 Å². The van der Waals surface area contributed by atoms with Gasteiger partial charge < -0.3 is 20.7 Å². The first-order chi connectivity index (χ1) is 9.26. The van der Waals surface area contributed by atoms with Gasteiger partial charge in [0.1, 0.15) is 5.75 Å². The number of rotatable bonds is 8. The Balaban J connectivity index is 2.16. The molecule has 0 aliphatic heterocycles.